The molecule has 1 amide bonds. The van der Waals surface area contributed by atoms with E-state index >= 15 is 0 Å². The van der Waals surface area contributed by atoms with Crippen molar-refractivity contribution in [2.24, 2.45) is 0 Å². The predicted octanol–water partition coefficient (Wildman–Crippen LogP) is 2.77. The number of benzene rings is 1. The Morgan fingerprint density at radius 2 is 2.04 bits per heavy atom. The summed E-state index contributed by atoms with van der Waals surface area (Å²) in [6, 6.07) is 7.00. The van der Waals surface area contributed by atoms with Gasteiger partial charge in [-0.15, -0.1) is 0 Å². The Labute approximate surface area is 140 Å². The fraction of sp³-hybridized carbons (Fsp3) is 0.389. The molecule has 0 saturated carbocycles. The molecule has 0 spiro atoms. The Morgan fingerprint density at radius 3 is 2.75 bits per heavy atom. The molecule has 2 heterocycles. The van der Waals surface area contributed by atoms with Crippen molar-refractivity contribution >= 4 is 11.9 Å². The van der Waals surface area contributed by atoms with Gasteiger partial charge >= 0.3 is 5.97 Å². The van der Waals surface area contributed by atoms with Gasteiger partial charge in [-0.2, -0.15) is 5.10 Å². The van der Waals surface area contributed by atoms with Gasteiger partial charge in [-0.3, -0.25) is 9.89 Å². The van der Waals surface area contributed by atoms with Gasteiger partial charge in [0.05, 0.1) is 5.69 Å². The summed E-state index contributed by atoms with van der Waals surface area (Å²) < 4.78 is 0. The molecule has 2 aromatic rings. The molecule has 24 heavy (non-hydrogen) atoms. The number of hydrogen-bond donors (Lipinski definition) is 2. The third-order valence-corrected chi connectivity index (χ3v) is 4.51. The second kappa shape index (κ2) is 6.47. The van der Waals surface area contributed by atoms with Crippen molar-refractivity contribution in [1.29, 1.82) is 0 Å². The minimum atomic E-state index is -0.947. The number of H-pyrrole nitrogens is 1. The van der Waals surface area contributed by atoms with Gasteiger partial charge in [0.1, 0.15) is 11.7 Å². The third kappa shape index (κ3) is 3.04. The molecule has 6 heteroatoms. The fourth-order valence-electron chi connectivity index (χ4n) is 3.26. The first kappa shape index (κ1) is 16.2. The Hall–Kier alpha value is -2.63. The largest absolute Gasteiger partial charge is 0.480 e. The second-order valence-electron chi connectivity index (χ2n) is 6.33. The molecule has 1 unspecified atom stereocenters. The Balaban J connectivity index is 1.87. The molecule has 126 valence electrons. The number of nitrogens with one attached hydrogen (secondary N) is 1. The highest BCUT2D eigenvalue weighted by Crippen LogP contribution is 2.25. The van der Waals surface area contributed by atoms with E-state index in [1.54, 1.807) is 6.07 Å². The Morgan fingerprint density at radius 1 is 1.25 bits per heavy atom. The summed E-state index contributed by atoms with van der Waals surface area (Å²) in [7, 11) is 0. The molecule has 1 aliphatic rings. The van der Waals surface area contributed by atoms with E-state index in [2.05, 4.69) is 16.3 Å². The van der Waals surface area contributed by atoms with Gasteiger partial charge in [0, 0.05) is 12.1 Å². The number of nitrogens with zero attached hydrogens (tertiary/aromatic N) is 2. The van der Waals surface area contributed by atoms with E-state index in [1.807, 2.05) is 26.0 Å². The highest BCUT2D eigenvalue weighted by Gasteiger charge is 2.33. The number of rotatable bonds is 3. The summed E-state index contributed by atoms with van der Waals surface area (Å²) in [5.74, 6) is -1.25. The number of carboxylic acids is 1. The first-order chi connectivity index (χ1) is 11.5. The lowest BCUT2D eigenvalue weighted by atomic mass is 10.0. The van der Waals surface area contributed by atoms with Gasteiger partial charge in [0.2, 0.25) is 0 Å². The number of aromatic nitrogens is 2. The maximum absolute atomic E-state index is 12.7. The van der Waals surface area contributed by atoms with Crippen LogP contribution in [0.15, 0.2) is 24.3 Å². The molecule has 1 saturated heterocycles. The van der Waals surface area contributed by atoms with Crippen LogP contribution in [0.4, 0.5) is 0 Å². The van der Waals surface area contributed by atoms with Crippen LogP contribution in [0.25, 0.3) is 11.3 Å². The number of carbonyl (C=O) groups is 2. The number of carboxylic acid groups (broad SMARTS) is 1. The monoisotopic (exact) mass is 327 g/mol. The highest BCUT2D eigenvalue weighted by molar-refractivity contribution is 5.96. The summed E-state index contributed by atoms with van der Waals surface area (Å²) in [6.07, 6.45) is 2.16. The average molecular weight is 327 g/mol. The van der Waals surface area contributed by atoms with E-state index < -0.39 is 12.0 Å². The molecule has 2 N–H and O–H groups in total. The van der Waals surface area contributed by atoms with E-state index in [-0.39, 0.29) is 5.91 Å². The first-order valence-corrected chi connectivity index (χ1v) is 8.14. The van der Waals surface area contributed by atoms with Crippen LogP contribution in [0, 0.1) is 13.8 Å². The molecule has 1 aliphatic heterocycles. The topological polar surface area (TPSA) is 86.3 Å². The average Bonchev–Trinajstić information content (AvgIpc) is 3.03. The lowest BCUT2D eigenvalue weighted by Gasteiger charge is -2.32. The number of aromatic amines is 1. The molecular formula is C18H21N3O3. The summed E-state index contributed by atoms with van der Waals surface area (Å²) >= 11 is 0. The van der Waals surface area contributed by atoms with Crippen molar-refractivity contribution in [3.8, 4) is 11.3 Å². The lowest BCUT2D eigenvalue weighted by Crippen LogP contribution is -2.48. The van der Waals surface area contributed by atoms with Crippen molar-refractivity contribution in [3.05, 3.63) is 41.1 Å². The minimum absolute atomic E-state index is 0.300. The SMILES string of the molecule is Cc1ccc(-c2cc(C(=O)N3CCCCC3C(=O)O)[nH]n2)c(C)c1. The van der Waals surface area contributed by atoms with Crippen LogP contribution >= 0.6 is 0 Å². The first-order valence-electron chi connectivity index (χ1n) is 8.14. The molecule has 1 aromatic carbocycles. The van der Waals surface area contributed by atoms with E-state index in [9.17, 15) is 14.7 Å². The molecule has 3 rings (SSSR count). The van der Waals surface area contributed by atoms with Crippen LogP contribution in [-0.4, -0.2) is 44.7 Å². The number of piperidine rings is 1. The summed E-state index contributed by atoms with van der Waals surface area (Å²) in [5.41, 5.74) is 4.24. The normalized spacial score (nSPS) is 17.8. The zero-order valence-corrected chi connectivity index (χ0v) is 13.9. The second-order valence-corrected chi connectivity index (χ2v) is 6.33. The van der Waals surface area contributed by atoms with Gasteiger partial charge < -0.3 is 10.0 Å². The summed E-state index contributed by atoms with van der Waals surface area (Å²) in [5, 5.41) is 16.3. The summed E-state index contributed by atoms with van der Waals surface area (Å²) in [6.45, 7) is 4.50. The van der Waals surface area contributed by atoms with Crippen molar-refractivity contribution in [2.75, 3.05) is 6.54 Å². The number of aliphatic carboxylic acids is 1. The summed E-state index contributed by atoms with van der Waals surface area (Å²) in [4.78, 5) is 25.5. The fourth-order valence-corrected chi connectivity index (χ4v) is 3.26. The molecule has 6 nitrogen and oxygen atoms in total. The minimum Gasteiger partial charge on any atom is -0.480 e. The number of hydrogen-bond acceptors (Lipinski definition) is 3. The maximum Gasteiger partial charge on any atom is 0.326 e. The van der Waals surface area contributed by atoms with Crippen LogP contribution in [-0.2, 0) is 4.79 Å². The van der Waals surface area contributed by atoms with Gasteiger partial charge in [-0.25, -0.2) is 4.79 Å². The van der Waals surface area contributed by atoms with E-state index in [1.165, 1.54) is 10.5 Å². The third-order valence-electron chi connectivity index (χ3n) is 4.51. The molecule has 1 aromatic heterocycles. The lowest BCUT2D eigenvalue weighted by molar-refractivity contribution is -0.143. The molecule has 0 radical (unpaired) electrons. The standard InChI is InChI=1S/C18H21N3O3/c1-11-6-7-13(12(2)9-11)14-10-15(20-19-14)17(22)21-8-4-3-5-16(21)18(23)24/h6-7,9-10,16H,3-5,8H2,1-2H3,(H,19,20)(H,23,24). The van der Waals surface area contributed by atoms with Gasteiger partial charge in [0.25, 0.3) is 5.91 Å². The smallest absolute Gasteiger partial charge is 0.326 e. The van der Waals surface area contributed by atoms with Crippen molar-refractivity contribution in [3.63, 3.8) is 0 Å². The van der Waals surface area contributed by atoms with Crippen LogP contribution in [0.3, 0.4) is 0 Å². The van der Waals surface area contributed by atoms with E-state index in [0.717, 1.165) is 24.0 Å². The predicted molar refractivity (Wildman–Crippen MR) is 89.8 cm³/mol. The van der Waals surface area contributed by atoms with Gasteiger partial charge in [0.15, 0.2) is 0 Å². The quantitative estimate of drug-likeness (QED) is 0.907. The Kier molecular flexibility index (Phi) is 4.38. The molecule has 1 atom stereocenters. The van der Waals surface area contributed by atoms with Crippen LogP contribution in [0.5, 0.6) is 0 Å². The number of aryl methyl sites for hydroxylation is 2. The Bertz CT molecular complexity index is 782. The van der Waals surface area contributed by atoms with Gasteiger partial charge in [-0.05, 0) is 44.7 Å². The number of likely N-dealkylation sites (tertiary alicyclic amines) is 1. The van der Waals surface area contributed by atoms with Crippen molar-refractivity contribution in [2.45, 2.75) is 39.2 Å². The number of amides is 1. The van der Waals surface area contributed by atoms with Crippen molar-refractivity contribution in [1.82, 2.24) is 15.1 Å². The van der Waals surface area contributed by atoms with Crippen LogP contribution < -0.4 is 0 Å². The number of carbonyl (C=O) groups excluding carboxylic acids is 1. The zero-order chi connectivity index (χ0) is 17.3. The van der Waals surface area contributed by atoms with Gasteiger partial charge in [-0.1, -0.05) is 23.8 Å². The molecular weight excluding hydrogens is 306 g/mol. The molecule has 0 aliphatic carbocycles. The molecule has 1 fully saturated rings. The maximum atomic E-state index is 12.7. The van der Waals surface area contributed by atoms with E-state index in [0.29, 0.717) is 24.4 Å². The highest BCUT2D eigenvalue weighted by atomic mass is 16.4. The van der Waals surface area contributed by atoms with Crippen LogP contribution in [0.2, 0.25) is 0 Å². The molecule has 0 bridgehead atoms. The van der Waals surface area contributed by atoms with Crippen LogP contribution in [0.1, 0.15) is 40.9 Å². The zero-order valence-electron chi connectivity index (χ0n) is 13.9. The van der Waals surface area contributed by atoms with E-state index in [4.69, 9.17) is 0 Å². The van der Waals surface area contributed by atoms with Crippen molar-refractivity contribution < 1.29 is 14.7 Å².